The highest BCUT2D eigenvalue weighted by Gasteiger charge is 2.17. The number of carbonyl (C=O) groups excluding carboxylic acids is 1. The molecule has 0 N–H and O–H groups in total. The molecule has 2 aromatic rings. The average Bonchev–Trinajstić information content (AvgIpc) is 3.04. The van der Waals surface area contributed by atoms with Gasteiger partial charge in [0.15, 0.2) is 5.16 Å². The molecular formula is C18H22N4OS. The Kier molecular flexibility index (Phi) is 6.44. The summed E-state index contributed by atoms with van der Waals surface area (Å²) >= 11 is 1.43. The standard InChI is InChI=1S/C18H22N4OS/c1-4-21-11-9-20-18(21)24-13-17(23)22(10-5-8-19)16-7-6-14(2)15(3)12-16/h6-7,9,11-12H,4-5,10,13H2,1-3H3. The lowest BCUT2D eigenvalue weighted by molar-refractivity contribution is -0.116. The third-order valence-electron chi connectivity index (χ3n) is 3.89. The van der Waals surface area contributed by atoms with Crippen molar-refractivity contribution in [2.24, 2.45) is 0 Å². The third kappa shape index (κ3) is 4.39. The third-order valence-corrected chi connectivity index (χ3v) is 4.88. The van der Waals surface area contributed by atoms with Gasteiger partial charge in [-0.05, 0) is 44.0 Å². The first kappa shape index (κ1) is 18.1. The maximum absolute atomic E-state index is 12.7. The van der Waals surface area contributed by atoms with Gasteiger partial charge in [0.25, 0.3) is 0 Å². The summed E-state index contributed by atoms with van der Waals surface area (Å²) in [6.07, 6.45) is 3.96. The van der Waals surface area contributed by atoms with E-state index in [0.29, 0.717) is 18.7 Å². The first-order valence-corrected chi connectivity index (χ1v) is 8.93. The van der Waals surface area contributed by atoms with Crippen molar-refractivity contribution in [2.75, 3.05) is 17.2 Å². The zero-order valence-corrected chi connectivity index (χ0v) is 15.1. The van der Waals surface area contributed by atoms with Crippen LogP contribution in [0.15, 0.2) is 35.7 Å². The Bertz CT molecular complexity index is 748. The van der Waals surface area contributed by atoms with Gasteiger partial charge in [-0.25, -0.2) is 4.98 Å². The number of benzene rings is 1. The fraction of sp³-hybridized carbons (Fsp3) is 0.389. The number of carbonyl (C=O) groups is 1. The summed E-state index contributed by atoms with van der Waals surface area (Å²) in [6.45, 7) is 7.34. The van der Waals surface area contributed by atoms with Crippen LogP contribution in [0.25, 0.3) is 0 Å². The molecule has 0 radical (unpaired) electrons. The van der Waals surface area contributed by atoms with Crippen molar-refractivity contribution in [2.45, 2.75) is 38.9 Å². The molecule has 5 nitrogen and oxygen atoms in total. The number of rotatable bonds is 7. The van der Waals surface area contributed by atoms with Gasteiger partial charge < -0.3 is 9.47 Å². The number of amides is 1. The van der Waals surface area contributed by atoms with Crippen molar-refractivity contribution in [3.63, 3.8) is 0 Å². The second kappa shape index (κ2) is 8.55. The van der Waals surface area contributed by atoms with Gasteiger partial charge in [0.05, 0.1) is 18.2 Å². The zero-order chi connectivity index (χ0) is 17.5. The molecule has 0 aliphatic carbocycles. The summed E-state index contributed by atoms with van der Waals surface area (Å²) in [7, 11) is 0. The molecule has 1 aromatic heterocycles. The average molecular weight is 342 g/mol. The zero-order valence-electron chi connectivity index (χ0n) is 14.3. The number of imidazole rings is 1. The smallest absolute Gasteiger partial charge is 0.237 e. The lowest BCUT2D eigenvalue weighted by atomic mass is 10.1. The molecule has 0 aliphatic heterocycles. The van der Waals surface area contributed by atoms with Gasteiger partial charge >= 0.3 is 0 Å². The summed E-state index contributed by atoms with van der Waals surface area (Å²) in [4.78, 5) is 18.7. The normalized spacial score (nSPS) is 10.4. The van der Waals surface area contributed by atoms with Crippen LogP contribution in [-0.2, 0) is 11.3 Å². The molecule has 0 spiro atoms. The maximum Gasteiger partial charge on any atom is 0.237 e. The lowest BCUT2D eigenvalue weighted by Gasteiger charge is -2.22. The Labute approximate surface area is 147 Å². The lowest BCUT2D eigenvalue weighted by Crippen LogP contribution is -2.33. The van der Waals surface area contributed by atoms with Gasteiger partial charge in [0, 0.05) is 31.2 Å². The van der Waals surface area contributed by atoms with Crippen molar-refractivity contribution >= 4 is 23.4 Å². The van der Waals surface area contributed by atoms with Crippen LogP contribution in [-0.4, -0.2) is 27.8 Å². The van der Waals surface area contributed by atoms with Gasteiger partial charge in [-0.3, -0.25) is 4.79 Å². The van der Waals surface area contributed by atoms with E-state index in [4.69, 9.17) is 5.26 Å². The Morgan fingerprint density at radius 1 is 1.38 bits per heavy atom. The van der Waals surface area contributed by atoms with E-state index in [1.165, 1.54) is 17.3 Å². The van der Waals surface area contributed by atoms with E-state index >= 15 is 0 Å². The molecule has 1 amide bonds. The molecule has 6 heteroatoms. The molecule has 0 aliphatic rings. The monoisotopic (exact) mass is 342 g/mol. The Morgan fingerprint density at radius 2 is 2.17 bits per heavy atom. The molecule has 0 atom stereocenters. The topological polar surface area (TPSA) is 61.9 Å². The van der Waals surface area contributed by atoms with Crippen LogP contribution in [0.1, 0.15) is 24.5 Å². The van der Waals surface area contributed by atoms with Crippen molar-refractivity contribution in [3.05, 3.63) is 41.7 Å². The fourth-order valence-corrected chi connectivity index (χ4v) is 3.23. The van der Waals surface area contributed by atoms with Crippen molar-refractivity contribution in [1.29, 1.82) is 5.26 Å². The molecule has 1 heterocycles. The Morgan fingerprint density at radius 3 is 2.83 bits per heavy atom. The minimum atomic E-state index is -0.0100. The summed E-state index contributed by atoms with van der Waals surface area (Å²) in [5.74, 6) is 0.291. The van der Waals surface area contributed by atoms with Crippen molar-refractivity contribution in [1.82, 2.24) is 9.55 Å². The molecule has 126 valence electrons. The molecule has 0 saturated heterocycles. The van der Waals surface area contributed by atoms with E-state index < -0.39 is 0 Å². The minimum absolute atomic E-state index is 0.0100. The summed E-state index contributed by atoms with van der Waals surface area (Å²) < 4.78 is 2.01. The summed E-state index contributed by atoms with van der Waals surface area (Å²) in [6, 6.07) is 8.07. The van der Waals surface area contributed by atoms with E-state index in [1.807, 2.05) is 49.7 Å². The van der Waals surface area contributed by atoms with Crippen LogP contribution in [0.4, 0.5) is 5.69 Å². The molecule has 0 bridgehead atoms. The van der Waals surface area contributed by atoms with E-state index in [0.717, 1.165) is 23.0 Å². The van der Waals surface area contributed by atoms with Crippen LogP contribution in [0, 0.1) is 25.2 Å². The molecule has 0 unspecified atom stereocenters. The largest absolute Gasteiger partial charge is 0.326 e. The summed E-state index contributed by atoms with van der Waals surface area (Å²) in [5.41, 5.74) is 3.17. The van der Waals surface area contributed by atoms with E-state index in [1.54, 1.807) is 11.1 Å². The fourth-order valence-electron chi connectivity index (χ4n) is 2.33. The molecule has 24 heavy (non-hydrogen) atoms. The van der Waals surface area contributed by atoms with Crippen LogP contribution >= 0.6 is 11.8 Å². The minimum Gasteiger partial charge on any atom is -0.326 e. The van der Waals surface area contributed by atoms with Crippen molar-refractivity contribution in [3.8, 4) is 6.07 Å². The Hall–Kier alpha value is -2.26. The van der Waals surface area contributed by atoms with Gasteiger partial charge in [-0.15, -0.1) is 0 Å². The second-order valence-electron chi connectivity index (χ2n) is 5.51. The van der Waals surface area contributed by atoms with Crippen LogP contribution in [0.5, 0.6) is 0 Å². The van der Waals surface area contributed by atoms with E-state index in [-0.39, 0.29) is 5.91 Å². The van der Waals surface area contributed by atoms with Gasteiger partial charge in [-0.1, -0.05) is 17.8 Å². The second-order valence-corrected chi connectivity index (χ2v) is 6.45. The van der Waals surface area contributed by atoms with Crippen LogP contribution < -0.4 is 4.90 Å². The SMILES string of the molecule is CCn1ccnc1SCC(=O)N(CCC#N)c1ccc(C)c(C)c1. The van der Waals surface area contributed by atoms with Crippen LogP contribution in [0.3, 0.4) is 0 Å². The molecular weight excluding hydrogens is 320 g/mol. The van der Waals surface area contributed by atoms with Gasteiger partial charge in [0.2, 0.25) is 5.91 Å². The molecule has 2 rings (SSSR count). The highest BCUT2D eigenvalue weighted by Crippen LogP contribution is 2.22. The molecule has 0 fully saturated rings. The van der Waals surface area contributed by atoms with Gasteiger partial charge in [0.1, 0.15) is 0 Å². The highest BCUT2D eigenvalue weighted by atomic mass is 32.2. The predicted molar refractivity (Wildman–Crippen MR) is 97.1 cm³/mol. The maximum atomic E-state index is 12.7. The van der Waals surface area contributed by atoms with E-state index in [2.05, 4.69) is 11.1 Å². The first-order chi connectivity index (χ1) is 11.6. The molecule has 1 aromatic carbocycles. The Balaban J connectivity index is 2.13. The number of hydrogen-bond donors (Lipinski definition) is 0. The number of nitrogens with zero attached hydrogens (tertiary/aromatic N) is 4. The van der Waals surface area contributed by atoms with Crippen LogP contribution in [0.2, 0.25) is 0 Å². The number of nitriles is 1. The van der Waals surface area contributed by atoms with Gasteiger partial charge in [-0.2, -0.15) is 5.26 Å². The van der Waals surface area contributed by atoms with E-state index in [9.17, 15) is 4.79 Å². The number of hydrogen-bond acceptors (Lipinski definition) is 4. The summed E-state index contributed by atoms with van der Waals surface area (Å²) in [5, 5.41) is 9.72. The first-order valence-electron chi connectivity index (χ1n) is 7.95. The number of aromatic nitrogens is 2. The quantitative estimate of drug-likeness (QED) is 0.722. The number of thioether (sulfide) groups is 1. The number of aryl methyl sites for hydroxylation is 3. The van der Waals surface area contributed by atoms with Crippen molar-refractivity contribution < 1.29 is 4.79 Å². The number of anilines is 1. The molecule has 0 saturated carbocycles. The highest BCUT2D eigenvalue weighted by molar-refractivity contribution is 7.99. The predicted octanol–water partition coefficient (Wildman–Crippen LogP) is 3.56.